The highest BCUT2D eigenvalue weighted by Crippen LogP contribution is 2.41. The summed E-state index contributed by atoms with van der Waals surface area (Å²) in [4.78, 5) is 14.0. The fourth-order valence-corrected chi connectivity index (χ4v) is 3.85. The van der Waals surface area contributed by atoms with Gasteiger partial charge in [0.1, 0.15) is 16.7 Å². The number of hydrogen-bond donors (Lipinski definition) is 1. The summed E-state index contributed by atoms with van der Waals surface area (Å²) in [5.41, 5.74) is 2.20. The highest BCUT2D eigenvalue weighted by atomic mass is 32.2. The molecular weight excluding hydrogens is 300 g/mol. The van der Waals surface area contributed by atoms with E-state index in [2.05, 4.69) is 29.5 Å². The predicted molar refractivity (Wildman–Crippen MR) is 88.5 cm³/mol. The van der Waals surface area contributed by atoms with Crippen molar-refractivity contribution in [1.82, 2.24) is 15.0 Å². The van der Waals surface area contributed by atoms with Crippen LogP contribution in [0.4, 0.5) is 5.82 Å². The van der Waals surface area contributed by atoms with E-state index in [-0.39, 0.29) is 0 Å². The average Bonchev–Trinajstić information content (AvgIpc) is 3.23. The normalized spacial score (nSPS) is 14.4. The first-order valence-corrected chi connectivity index (χ1v) is 9.09. The zero-order valence-corrected chi connectivity index (χ0v) is 14.3. The Bertz CT molecular complexity index is 635. The quantitative estimate of drug-likeness (QED) is 0.799. The van der Waals surface area contributed by atoms with Gasteiger partial charge in [0.25, 0.3) is 0 Å². The van der Waals surface area contributed by atoms with E-state index in [4.69, 9.17) is 9.97 Å². The van der Waals surface area contributed by atoms with Gasteiger partial charge >= 0.3 is 0 Å². The molecule has 0 aliphatic heterocycles. The highest BCUT2D eigenvalue weighted by molar-refractivity contribution is 8.01. The van der Waals surface area contributed by atoms with E-state index in [0.717, 1.165) is 45.2 Å². The topological polar surface area (TPSA) is 50.7 Å². The van der Waals surface area contributed by atoms with Crippen LogP contribution >= 0.6 is 23.1 Å². The molecule has 1 N–H and O–H groups in total. The molecule has 1 saturated carbocycles. The minimum absolute atomic E-state index is 0.560. The second-order valence-corrected chi connectivity index (χ2v) is 7.51. The second-order valence-electron chi connectivity index (χ2n) is 5.42. The molecule has 4 nitrogen and oxygen atoms in total. The zero-order valence-electron chi connectivity index (χ0n) is 12.6. The van der Waals surface area contributed by atoms with Gasteiger partial charge in [0.2, 0.25) is 0 Å². The van der Waals surface area contributed by atoms with Gasteiger partial charge in [-0.15, -0.1) is 11.3 Å². The van der Waals surface area contributed by atoms with Crippen molar-refractivity contribution in [1.29, 1.82) is 0 Å². The minimum Gasteiger partial charge on any atom is -0.370 e. The molecule has 0 amide bonds. The average molecular weight is 320 g/mol. The predicted octanol–water partition coefficient (Wildman–Crippen LogP) is 4.40. The Kier molecular flexibility index (Phi) is 4.45. The third-order valence-corrected chi connectivity index (χ3v) is 5.53. The van der Waals surface area contributed by atoms with Gasteiger partial charge in [-0.1, -0.05) is 6.92 Å². The molecule has 0 radical (unpaired) electrons. The molecule has 6 heteroatoms. The molecule has 1 fully saturated rings. The number of rotatable bonds is 6. The summed E-state index contributed by atoms with van der Waals surface area (Å²) in [7, 11) is 0. The smallest absolute Gasteiger partial charge is 0.156 e. The summed E-state index contributed by atoms with van der Waals surface area (Å²) >= 11 is 3.34. The van der Waals surface area contributed by atoms with Crippen LogP contribution in [-0.2, 0) is 0 Å². The Morgan fingerprint density at radius 2 is 2.10 bits per heavy atom. The van der Waals surface area contributed by atoms with E-state index in [0.29, 0.717) is 5.92 Å². The number of thiazole rings is 1. The number of aromatic nitrogens is 3. The third kappa shape index (κ3) is 3.55. The lowest BCUT2D eigenvalue weighted by atomic mass is 10.3. The largest absolute Gasteiger partial charge is 0.370 e. The van der Waals surface area contributed by atoms with E-state index >= 15 is 0 Å². The molecule has 112 valence electrons. The molecule has 0 aromatic carbocycles. The van der Waals surface area contributed by atoms with E-state index in [9.17, 15) is 0 Å². The van der Waals surface area contributed by atoms with Gasteiger partial charge in [0.15, 0.2) is 4.34 Å². The monoisotopic (exact) mass is 320 g/mol. The molecule has 3 rings (SSSR count). The van der Waals surface area contributed by atoms with Gasteiger partial charge in [-0.25, -0.2) is 15.0 Å². The highest BCUT2D eigenvalue weighted by Gasteiger charge is 2.28. The summed E-state index contributed by atoms with van der Waals surface area (Å²) < 4.78 is 1.05. The molecule has 0 saturated heterocycles. The fourth-order valence-electron chi connectivity index (χ4n) is 2.01. The Labute approximate surface area is 133 Å². The molecule has 0 spiro atoms. The first-order valence-electron chi connectivity index (χ1n) is 7.39. The lowest BCUT2D eigenvalue weighted by Crippen LogP contribution is -2.08. The van der Waals surface area contributed by atoms with Crippen molar-refractivity contribution in [3.05, 3.63) is 22.5 Å². The summed E-state index contributed by atoms with van der Waals surface area (Å²) in [6, 6.07) is 0. The summed E-state index contributed by atoms with van der Waals surface area (Å²) in [6.07, 6.45) is 3.53. The van der Waals surface area contributed by atoms with Gasteiger partial charge in [0.05, 0.1) is 0 Å². The molecular formula is C15H20N4S2. The van der Waals surface area contributed by atoms with Gasteiger partial charge in [0, 0.05) is 29.1 Å². The fraction of sp³-hybridized carbons (Fsp3) is 0.533. The van der Waals surface area contributed by atoms with E-state index in [1.54, 1.807) is 23.1 Å². The first-order chi connectivity index (χ1) is 10.2. The minimum atomic E-state index is 0.560. The molecule has 0 unspecified atom stereocenters. The van der Waals surface area contributed by atoms with Crippen molar-refractivity contribution in [2.45, 2.75) is 55.3 Å². The molecule has 0 atom stereocenters. The molecule has 2 heterocycles. The Balaban J connectivity index is 1.91. The van der Waals surface area contributed by atoms with Crippen LogP contribution in [0.25, 0.3) is 0 Å². The van der Waals surface area contributed by atoms with Crippen molar-refractivity contribution < 1.29 is 0 Å². The van der Waals surface area contributed by atoms with Crippen LogP contribution in [0.5, 0.6) is 0 Å². The van der Waals surface area contributed by atoms with Gasteiger partial charge in [-0.2, -0.15) is 0 Å². The van der Waals surface area contributed by atoms with Crippen molar-refractivity contribution in [3.8, 4) is 0 Å². The van der Waals surface area contributed by atoms with Crippen LogP contribution in [0.15, 0.2) is 14.7 Å². The Morgan fingerprint density at radius 1 is 1.29 bits per heavy atom. The van der Waals surface area contributed by atoms with Gasteiger partial charge in [-0.3, -0.25) is 0 Å². The molecule has 21 heavy (non-hydrogen) atoms. The number of anilines is 1. The first kappa shape index (κ1) is 14.8. The lowest BCUT2D eigenvalue weighted by molar-refractivity contribution is 0.853. The van der Waals surface area contributed by atoms with E-state index in [1.807, 2.05) is 6.92 Å². The summed E-state index contributed by atoms with van der Waals surface area (Å²) in [6.45, 7) is 7.23. The maximum Gasteiger partial charge on any atom is 0.156 e. The maximum atomic E-state index is 4.79. The van der Waals surface area contributed by atoms with E-state index < -0.39 is 0 Å². The second kappa shape index (κ2) is 6.32. The third-order valence-electron chi connectivity index (χ3n) is 3.39. The van der Waals surface area contributed by atoms with Crippen LogP contribution in [0.3, 0.4) is 0 Å². The molecule has 2 aromatic rings. The van der Waals surface area contributed by atoms with Crippen LogP contribution < -0.4 is 5.32 Å². The maximum absolute atomic E-state index is 4.79. The van der Waals surface area contributed by atoms with Crippen LogP contribution in [0, 0.1) is 13.8 Å². The SMILES string of the molecule is CCCNc1nc(C2CC2)nc(Sc2nc(C)cs2)c1C. The molecule has 2 aromatic heterocycles. The number of aryl methyl sites for hydroxylation is 1. The van der Waals surface area contributed by atoms with Crippen LogP contribution in [0.1, 0.15) is 49.2 Å². The summed E-state index contributed by atoms with van der Waals surface area (Å²) in [5, 5.41) is 6.56. The molecule has 1 aliphatic carbocycles. The van der Waals surface area contributed by atoms with Crippen molar-refractivity contribution >= 4 is 28.9 Å². The Hall–Kier alpha value is -1.14. The van der Waals surface area contributed by atoms with Crippen LogP contribution in [0.2, 0.25) is 0 Å². The van der Waals surface area contributed by atoms with Crippen molar-refractivity contribution in [2.24, 2.45) is 0 Å². The van der Waals surface area contributed by atoms with Crippen molar-refractivity contribution in [3.63, 3.8) is 0 Å². The number of hydrogen-bond acceptors (Lipinski definition) is 6. The lowest BCUT2D eigenvalue weighted by Gasteiger charge is -2.12. The standard InChI is InChI=1S/C15H20N4S2/c1-4-7-16-12-10(3)14(19-13(18-12)11-5-6-11)21-15-17-9(2)8-20-15/h8,11H,4-7H2,1-3H3,(H,16,18,19). The van der Waals surface area contributed by atoms with E-state index in [1.165, 1.54) is 12.8 Å². The molecule has 1 aliphatic rings. The summed E-state index contributed by atoms with van der Waals surface area (Å²) in [5.74, 6) is 2.55. The molecule has 0 bridgehead atoms. The van der Waals surface area contributed by atoms with Crippen LogP contribution in [-0.4, -0.2) is 21.5 Å². The number of nitrogens with one attached hydrogen (secondary N) is 1. The zero-order chi connectivity index (χ0) is 14.8. The van der Waals surface area contributed by atoms with Crippen molar-refractivity contribution in [2.75, 3.05) is 11.9 Å². The van der Waals surface area contributed by atoms with Gasteiger partial charge in [-0.05, 0) is 44.9 Å². The number of nitrogens with zero attached hydrogens (tertiary/aromatic N) is 3. The Morgan fingerprint density at radius 3 is 2.71 bits per heavy atom. The van der Waals surface area contributed by atoms with Gasteiger partial charge < -0.3 is 5.32 Å².